The molecule has 5 rings (SSSR count). The fourth-order valence-corrected chi connectivity index (χ4v) is 3.44. The van der Waals surface area contributed by atoms with Crippen LogP contribution in [0.15, 0.2) is 72.9 Å². The van der Waals surface area contributed by atoms with Gasteiger partial charge in [0.05, 0.1) is 22.9 Å². The third-order valence-electron chi connectivity index (χ3n) is 5.18. The summed E-state index contributed by atoms with van der Waals surface area (Å²) in [7, 11) is 0. The first-order valence-corrected chi connectivity index (χ1v) is 10.3. The lowest BCUT2D eigenvalue weighted by molar-refractivity contribution is -0.127. The van der Waals surface area contributed by atoms with Crippen LogP contribution in [0.5, 0.6) is 17.2 Å². The highest BCUT2D eigenvalue weighted by atomic mass is 16.7. The minimum absolute atomic E-state index is 0.202. The van der Waals surface area contributed by atoms with E-state index in [4.69, 9.17) is 14.2 Å². The molecule has 2 heterocycles. The van der Waals surface area contributed by atoms with Crippen LogP contribution in [0.1, 0.15) is 12.5 Å². The van der Waals surface area contributed by atoms with Crippen molar-refractivity contribution in [3.63, 3.8) is 0 Å². The van der Waals surface area contributed by atoms with Crippen LogP contribution < -0.4 is 19.5 Å². The van der Waals surface area contributed by atoms with Crippen LogP contribution in [0.4, 0.5) is 0 Å². The number of nitrogens with one attached hydrogen (secondary N) is 1. The highest BCUT2D eigenvalue weighted by molar-refractivity contribution is 5.81. The van der Waals surface area contributed by atoms with Gasteiger partial charge in [-0.1, -0.05) is 18.2 Å². The summed E-state index contributed by atoms with van der Waals surface area (Å²) >= 11 is 0. The molecule has 0 aliphatic carbocycles. The lowest BCUT2D eigenvalue weighted by Crippen LogP contribution is -2.35. The van der Waals surface area contributed by atoms with Gasteiger partial charge in [-0.25, -0.2) is 4.98 Å². The molecule has 7 heteroatoms. The monoisotopic (exact) mass is 427 g/mol. The Morgan fingerprint density at radius 3 is 2.66 bits per heavy atom. The van der Waals surface area contributed by atoms with E-state index in [1.165, 1.54) is 0 Å². The lowest BCUT2D eigenvalue weighted by atomic mass is 10.1. The summed E-state index contributed by atoms with van der Waals surface area (Å²) in [5.74, 6) is 1.81. The van der Waals surface area contributed by atoms with E-state index in [1.54, 1.807) is 13.1 Å². The number of nitrogens with zero attached hydrogens (tertiary/aromatic N) is 2. The summed E-state index contributed by atoms with van der Waals surface area (Å²) < 4.78 is 16.5. The number of ether oxygens (including phenoxy) is 3. The van der Waals surface area contributed by atoms with E-state index < -0.39 is 6.10 Å². The average molecular weight is 427 g/mol. The number of aromatic nitrogens is 2. The molecular formula is C25H21N3O4. The molecule has 1 N–H and O–H groups in total. The molecule has 0 radical (unpaired) electrons. The molecule has 4 aromatic rings. The van der Waals surface area contributed by atoms with E-state index in [9.17, 15) is 4.79 Å². The minimum atomic E-state index is -0.643. The Balaban J connectivity index is 1.19. The Morgan fingerprint density at radius 2 is 1.81 bits per heavy atom. The van der Waals surface area contributed by atoms with Crippen molar-refractivity contribution in [2.75, 3.05) is 6.79 Å². The predicted molar refractivity (Wildman–Crippen MR) is 119 cm³/mol. The van der Waals surface area contributed by atoms with Crippen LogP contribution in [0.25, 0.3) is 22.3 Å². The summed E-state index contributed by atoms with van der Waals surface area (Å²) in [6.07, 6.45) is 1.11. The van der Waals surface area contributed by atoms with Crippen LogP contribution in [0.3, 0.4) is 0 Å². The number of carbonyl (C=O) groups excluding carboxylic acids is 1. The van der Waals surface area contributed by atoms with E-state index in [-0.39, 0.29) is 12.7 Å². The van der Waals surface area contributed by atoms with E-state index in [0.29, 0.717) is 18.0 Å². The SMILES string of the molecule is C[C@@H](Oc1ccc(-c2cnc3ccccc3n2)cc1)C(=O)NCc1ccc2c(c1)OCO2. The molecule has 32 heavy (non-hydrogen) atoms. The van der Waals surface area contributed by atoms with Crippen molar-refractivity contribution < 1.29 is 19.0 Å². The second-order valence-electron chi connectivity index (χ2n) is 7.43. The highest BCUT2D eigenvalue weighted by Crippen LogP contribution is 2.32. The van der Waals surface area contributed by atoms with Gasteiger partial charge in [0.15, 0.2) is 17.6 Å². The van der Waals surface area contributed by atoms with Crippen molar-refractivity contribution in [2.24, 2.45) is 0 Å². The molecule has 1 aliphatic rings. The second kappa shape index (κ2) is 8.55. The largest absolute Gasteiger partial charge is 0.481 e. The third-order valence-corrected chi connectivity index (χ3v) is 5.18. The normalized spacial score (nSPS) is 13.0. The van der Waals surface area contributed by atoms with E-state index >= 15 is 0 Å². The van der Waals surface area contributed by atoms with Crippen molar-refractivity contribution in [2.45, 2.75) is 19.6 Å². The number of rotatable bonds is 6. The van der Waals surface area contributed by atoms with Crippen LogP contribution >= 0.6 is 0 Å². The van der Waals surface area contributed by atoms with Crippen molar-refractivity contribution in [1.82, 2.24) is 15.3 Å². The second-order valence-corrected chi connectivity index (χ2v) is 7.43. The topological polar surface area (TPSA) is 82.6 Å². The van der Waals surface area contributed by atoms with Gasteiger partial charge in [-0.2, -0.15) is 0 Å². The molecule has 0 saturated heterocycles. The maximum Gasteiger partial charge on any atom is 0.261 e. The first-order chi connectivity index (χ1) is 15.7. The predicted octanol–water partition coefficient (Wildman–Crippen LogP) is 4.11. The summed E-state index contributed by atoms with van der Waals surface area (Å²) in [4.78, 5) is 21.6. The van der Waals surface area contributed by atoms with Gasteiger partial charge in [0, 0.05) is 12.1 Å². The van der Waals surface area contributed by atoms with Gasteiger partial charge < -0.3 is 19.5 Å². The molecule has 0 fully saturated rings. The molecule has 3 aromatic carbocycles. The van der Waals surface area contributed by atoms with Crippen molar-refractivity contribution in [3.8, 4) is 28.5 Å². The quantitative estimate of drug-likeness (QED) is 0.499. The molecule has 7 nitrogen and oxygen atoms in total. The zero-order valence-electron chi connectivity index (χ0n) is 17.4. The van der Waals surface area contributed by atoms with E-state index in [2.05, 4.69) is 15.3 Å². The number of fused-ring (bicyclic) bond motifs is 2. The Hall–Kier alpha value is -4.13. The standard InChI is InChI=1S/C25H21N3O4/c1-16(25(29)27-13-17-6-11-23-24(12-17)31-15-30-23)32-19-9-7-18(8-10-19)22-14-26-20-4-2-3-5-21(20)28-22/h2-12,14,16H,13,15H2,1H3,(H,27,29)/t16-/m1/s1. The molecule has 1 atom stereocenters. The van der Waals surface area contributed by atoms with Gasteiger partial charge in [0.1, 0.15) is 5.75 Å². The molecule has 1 aliphatic heterocycles. The Morgan fingerprint density at radius 1 is 1.03 bits per heavy atom. The van der Waals surface area contributed by atoms with E-state index in [1.807, 2.05) is 66.7 Å². The molecule has 1 amide bonds. The van der Waals surface area contributed by atoms with Gasteiger partial charge in [-0.05, 0) is 61.0 Å². The number of para-hydroxylation sites is 2. The maximum atomic E-state index is 12.5. The average Bonchev–Trinajstić information content (AvgIpc) is 3.30. The zero-order valence-corrected chi connectivity index (χ0v) is 17.4. The summed E-state index contributed by atoms with van der Waals surface area (Å²) in [5.41, 5.74) is 4.34. The zero-order chi connectivity index (χ0) is 21.9. The number of amides is 1. The van der Waals surface area contributed by atoms with Gasteiger partial charge in [0.2, 0.25) is 6.79 Å². The number of hydrogen-bond acceptors (Lipinski definition) is 6. The van der Waals surface area contributed by atoms with Gasteiger partial charge in [-0.3, -0.25) is 9.78 Å². The molecular weight excluding hydrogens is 406 g/mol. The van der Waals surface area contributed by atoms with Crippen molar-refractivity contribution in [3.05, 3.63) is 78.5 Å². The molecule has 160 valence electrons. The summed E-state index contributed by atoms with van der Waals surface area (Å²) in [6.45, 7) is 2.32. The number of benzene rings is 3. The molecule has 0 bridgehead atoms. The summed E-state index contributed by atoms with van der Waals surface area (Å²) in [6, 6.07) is 20.8. The summed E-state index contributed by atoms with van der Waals surface area (Å²) in [5, 5.41) is 2.89. The fraction of sp³-hybridized carbons (Fsp3) is 0.160. The minimum Gasteiger partial charge on any atom is -0.481 e. The first kappa shape index (κ1) is 19.8. The first-order valence-electron chi connectivity index (χ1n) is 10.3. The van der Waals surface area contributed by atoms with Crippen LogP contribution in [-0.2, 0) is 11.3 Å². The Labute approximate surface area is 185 Å². The fourth-order valence-electron chi connectivity index (χ4n) is 3.44. The van der Waals surface area contributed by atoms with Crippen molar-refractivity contribution in [1.29, 1.82) is 0 Å². The van der Waals surface area contributed by atoms with Gasteiger partial charge >= 0.3 is 0 Å². The van der Waals surface area contributed by atoms with Crippen LogP contribution in [0, 0.1) is 0 Å². The molecule has 1 aromatic heterocycles. The Bertz CT molecular complexity index is 1270. The number of hydrogen-bond donors (Lipinski definition) is 1. The highest BCUT2D eigenvalue weighted by Gasteiger charge is 2.16. The van der Waals surface area contributed by atoms with Gasteiger partial charge in [-0.15, -0.1) is 0 Å². The lowest BCUT2D eigenvalue weighted by Gasteiger charge is -2.15. The van der Waals surface area contributed by atoms with Crippen molar-refractivity contribution >= 4 is 16.9 Å². The Kier molecular flexibility index (Phi) is 5.29. The van der Waals surface area contributed by atoms with Crippen LogP contribution in [0.2, 0.25) is 0 Å². The smallest absolute Gasteiger partial charge is 0.261 e. The van der Waals surface area contributed by atoms with Gasteiger partial charge in [0.25, 0.3) is 5.91 Å². The van der Waals surface area contributed by atoms with Crippen LogP contribution in [-0.4, -0.2) is 28.8 Å². The number of carbonyl (C=O) groups is 1. The third kappa shape index (κ3) is 4.18. The molecule has 0 unspecified atom stereocenters. The molecule has 0 saturated carbocycles. The van der Waals surface area contributed by atoms with E-state index in [0.717, 1.165) is 33.6 Å². The maximum absolute atomic E-state index is 12.5. The molecule has 0 spiro atoms.